The third-order valence-electron chi connectivity index (χ3n) is 10.3. The molecular weight excluding hydrogens is 512 g/mol. The van der Waals surface area contributed by atoms with Gasteiger partial charge in [-0.25, -0.2) is 8.78 Å². The van der Waals surface area contributed by atoms with Gasteiger partial charge in [0.05, 0.1) is 25.4 Å². The van der Waals surface area contributed by atoms with Crippen molar-refractivity contribution in [3.8, 4) is 0 Å². The van der Waals surface area contributed by atoms with Crippen LogP contribution in [0.1, 0.15) is 59.3 Å². The summed E-state index contributed by atoms with van der Waals surface area (Å²) in [5.41, 5.74) is -0.953. The Morgan fingerprint density at radius 2 is 2.00 bits per heavy atom. The van der Waals surface area contributed by atoms with E-state index in [0.717, 1.165) is 12.5 Å². The summed E-state index contributed by atoms with van der Waals surface area (Å²) in [7, 11) is 0. The molecule has 1 aliphatic heterocycles. The predicted octanol–water partition coefficient (Wildman–Crippen LogP) is 2.70. The normalized spacial score (nSPS) is 46.2. The van der Waals surface area contributed by atoms with Crippen LogP contribution in [0.4, 0.5) is 8.78 Å². The summed E-state index contributed by atoms with van der Waals surface area (Å²) in [6.45, 7) is 4.89. The minimum atomic E-state index is -2.26. The van der Waals surface area contributed by atoms with Crippen LogP contribution in [-0.4, -0.2) is 78.2 Å². The van der Waals surface area contributed by atoms with Crippen molar-refractivity contribution < 1.29 is 42.5 Å². The van der Waals surface area contributed by atoms with Gasteiger partial charge in [0.15, 0.2) is 29.1 Å². The lowest BCUT2D eigenvalue weighted by atomic mass is 9.44. The van der Waals surface area contributed by atoms with Crippen LogP contribution in [0.3, 0.4) is 0 Å². The number of fused-ring (bicyclic) bond motifs is 7. The lowest BCUT2D eigenvalue weighted by Gasteiger charge is -2.63. The lowest BCUT2D eigenvalue weighted by Crippen LogP contribution is -2.71. The van der Waals surface area contributed by atoms with Crippen molar-refractivity contribution in [2.75, 3.05) is 19.8 Å². The van der Waals surface area contributed by atoms with Gasteiger partial charge in [-0.3, -0.25) is 14.4 Å². The molecule has 0 radical (unpaired) electrons. The van der Waals surface area contributed by atoms with E-state index in [1.54, 1.807) is 6.92 Å². The third kappa shape index (κ3) is 3.89. The van der Waals surface area contributed by atoms with Crippen molar-refractivity contribution in [1.82, 2.24) is 0 Å². The molecule has 5 aliphatic rings. The lowest BCUT2D eigenvalue weighted by molar-refractivity contribution is -0.235. The summed E-state index contributed by atoms with van der Waals surface area (Å²) < 4.78 is 51.4. The van der Waals surface area contributed by atoms with Gasteiger partial charge in [0, 0.05) is 23.2 Å². The summed E-state index contributed by atoms with van der Waals surface area (Å²) in [6, 6.07) is 0. The molecule has 216 valence electrons. The molecule has 1 heterocycles. The van der Waals surface area contributed by atoms with Crippen molar-refractivity contribution in [3.63, 3.8) is 0 Å². The number of carbonyl (C=O) groups is 3. The molecule has 5 rings (SSSR count). The van der Waals surface area contributed by atoms with E-state index in [0.29, 0.717) is 6.42 Å². The van der Waals surface area contributed by atoms with Gasteiger partial charge in [-0.15, -0.1) is 0 Å². The fourth-order valence-electron chi connectivity index (χ4n) is 8.45. The van der Waals surface area contributed by atoms with Gasteiger partial charge in [-0.1, -0.05) is 26.3 Å². The number of Topliss-reactive ketones (excluding diaryl/α,β-unsaturated/α-hetero) is 2. The number of ether oxygens (including phenoxy) is 3. The predicted molar refractivity (Wildman–Crippen MR) is 136 cm³/mol. The smallest absolute Gasteiger partial charge is 0.193 e. The fourth-order valence-corrected chi connectivity index (χ4v) is 8.45. The molecule has 3 saturated carbocycles. The van der Waals surface area contributed by atoms with Crippen LogP contribution in [0.15, 0.2) is 23.8 Å². The molecule has 0 bridgehead atoms. The molecule has 0 aromatic rings. The first-order valence-corrected chi connectivity index (χ1v) is 14.0. The molecular formula is C29H39F2NO7. The maximum Gasteiger partial charge on any atom is 0.193 e. The van der Waals surface area contributed by atoms with E-state index >= 15 is 8.78 Å². The molecule has 3 N–H and O–H groups in total. The minimum absolute atomic E-state index is 0.0167. The fraction of sp³-hybridized carbons (Fsp3) is 0.759. The Labute approximate surface area is 227 Å². The molecule has 1 saturated heterocycles. The van der Waals surface area contributed by atoms with Crippen LogP contribution in [0.25, 0.3) is 0 Å². The highest BCUT2D eigenvalue weighted by molar-refractivity contribution is 6.01. The highest BCUT2D eigenvalue weighted by Crippen LogP contribution is 2.72. The van der Waals surface area contributed by atoms with E-state index in [1.165, 1.54) is 12.2 Å². The van der Waals surface area contributed by atoms with Gasteiger partial charge >= 0.3 is 0 Å². The van der Waals surface area contributed by atoms with Crippen molar-refractivity contribution in [2.24, 2.45) is 28.4 Å². The number of halogens is 2. The molecule has 10 atom stereocenters. The Morgan fingerprint density at radius 1 is 1.26 bits per heavy atom. The second kappa shape index (κ2) is 9.91. The van der Waals surface area contributed by atoms with Crippen molar-refractivity contribution in [1.29, 1.82) is 0 Å². The van der Waals surface area contributed by atoms with Crippen LogP contribution in [0.2, 0.25) is 0 Å². The third-order valence-corrected chi connectivity index (χ3v) is 10.3. The number of aliphatic hydroxyl groups is 1. The van der Waals surface area contributed by atoms with Gasteiger partial charge in [0.1, 0.15) is 18.6 Å². The Kier molecular flexibility index (Phi) is 7.28. The molecule has 0 spiro atoms. The van der Waals surface area contributed by atoms with Crippen molar-refractivity contribution in [3.05, 3.63) is 23.8 Å². The zero-order valence-electron chi connectivity index (χ0n) is 22.8. The summed E-state index contributed by atoms with van der Waals surface area (Å²) in [5.74, 6) is -2.47. The molecule has 4 aliphatic carbocycles. The summed E-state index contributed by atoms with van der Waals surface area (Å²) in [6.07, 6.45) is 0.620. The van der Waals surface area contributed by atoms with E-state index in [2.05, 4.69) is 0 Å². The van der Waals surface area contributed by atoms with E-state index in [4.69, 9.17) is 19.9 Å². The molecule has 4 fully saturated rings. The average Bonchev–Trinajstić information content (AvgIpc) is 3.37. The van der Waals surface area contributed by atoms with Crippen LogP contribution in [-0.2, 0) is 28.6 Å². The van der Waals surface area contributed by atoms with Crippen LogP contribution in [0.5, 0.6) is 0 Å². The SMILES string of the molecule is CCCC1O[C@@H]2C[C@H]3[C@@H]4C[C@H](F)C5=CC(=O)C=C[C@]5(C)[C@@]4(F)[C@@H](O)C[C@]3(C)[C@]2(C(=O)COCCC(=O)CN)O1. The summed E-state index contributed by atoms with van der Waals surface area (Å²) in [5, 5.41) is 11.6. The number of carbonyl (C=O) groups excluding carboxylic acids is 3. The second-order valence-corrected chi connectivity index (χ2v) is 12.3. The molecule has 0 aromatic heterocycles. The number of nitrogens with two attached hydrogens (primary N) is 1. The average molecular weight is 552 g/mol. The topological polar surface area (TPSA) is 125 Å². The number of ketones is 3. The van der Waals surface area contributed by atoms with Gasteiger partial charge in [0.2, 0.25) is 0 Å². The number of alkyl halides is 2. The Bertz CT molecular complexity index is 1110. The maximum absolute atomic E-state index is 17.4. The first-order chi connectivity index (χ1) is 18.4. The highest BCUT2D eigenvalue weighted by Gasteiger charge is 2.79. The number of aliphatic hydroxyl groups excluding tert-OH is 1. The Morgan fingerprint density at radius 3 is 2.69 bits per heavy atom. The van der Waals surface area contributed by atoms with Crippen LogP contribution in [0, 0.1) is 22.7 Å². The first kappa shape index (κ1) is 28.7. The quantitative estimate of drug-likeness (QED) is 0.419. The van der Waals surface area contributed by atoms with E-state index < -0.39 is 70.2 Å². The van der Waals surface area contributed by atoms with Gasteiger partial charge in [-0.05, 0) is 56.3 Å². The van der Waals surface area contributed by atoms with Gasteiger partial charge in [-0.2, -0.15) is 0 Å². The second-order valence-electron chi connectivity index (χ2n) is 12.3. The summed E-state index contributed by atoms with van der Waals surface area (Å²) >= 11 is 0. The monoisotopic (exact) mass is 551 g/mol. The van der Waals surface area contributed by atoms with E-state index in [1.807, 2.05) is 13.8 Å². The van der Waals surface area contributed by atoms with Gasteiger partial charge < -0.3 is 25.1 Å². The zero-order chi connectivity index (χ0) is 28.4. The highest BCUT2D eigenvalue weighted by atomic mass is 19.1. The van der Waals surface area contributed by atoms with E-state index in [-0.39, 0.29) is 56.8 Å². The number of hydrogen-bond acceptors (Lipinski definition) is 8. The largest absolute Gasteiger partial charge is 0.390 e. The molecule has 0 aromatic carbocycles. The first-order valence-electron chi connectivity index (χ1n) is 14.0. The number of allylic oxidation sites excluding steroid dienone is 4. The molecule has 39 heavy (non-hydrogen) atoms. The number of rotatable bonds is 9. The zero-order valence-corrected chi connectivity index (χ0v) is 22.8. The molecule has 1 unspecified atom stereocenters. The van der Waals surface area contributed by atoms with E-state index in [9.17, 15) is 19.5 Å². The maximum atomic E-state index is 17.4. The molecule has 0 amide bonds. The Hall–Kier alpha value is -1.85. The minimum Gasteiger partial charge on any atom is -0.390 e. The standard InChI is InChI=1S/C29H39F2NO7/c1-4-5-25-38-24-12-18-19-11-21(30)20-10-16(33)6-8-26(20,2)28(19,31)22(35)13-27(18,3)29(24,39-25)23(36)15-37-9-7-17(34)14-32/h6,8,10,18-19,21-22,24-25,35H,4-5,7,9,11-15,32H2,1-3H3/t18-,19-,21-,22-,24+,25?,26-,27-,28-,29+/m0/s1. The van der Waals surface area contributed by atoms with Crippen molar-refractivity contribution >= 4 is 17.3 Å². The van der Waals surface area contributed by atoms with Gasteiger partial charge in [0.25, 0.3) is 0 Å². The molecule has 10 heteroatoms. The molecule has 8 nitrogen and oxygen atoms in total. The van der Waals surface area contributed by atoms with Crippen LogP contribution >= 0.6 is 0 Å². The summed E-state index contributed by atoms with van der Waals surface area (Å²) in [4.78, 5) is 37.6. The van der Waals surface area contributed by atoms with Crippen molar-refractivity contribution in [2.45, 2.75) is 95.2 Å². The van der Waals surface area contributed by atoms with Crippen LogP contribution < -0.4 is 5.73 Å². The Balaban J connectivity index is 1.51. The number of hydrogen-bond donors (Lipinski definition) is 2.